The van der Waals surface area contributed by atoms with E-state index in [0.29, 0.717) is 5.92 Å². The zero-order valence-corrected chi connectivity index (χ0v) is 12.0. The second kappa shape index (κ2) is 6.20. The van der Waals surface area contributed by atoms with Crippen molar-refractivity contribution in [2.45, 2.75) is 65.5 Å². The molecule has 1 rings (SSSR count). The summed E-state index contributed by atoms with van der Waals surface area (Å²) >= 11 is 0. The minimum atomic E-state index is 0.207. The van der Waals surface area contributed by atoms with Gasteiger partial charge in [-0.15, -0.1) is 0 Å². The van der Waals surface area contributed by atoms with Gasteiger partial charge in [0.05, 0.1) is 0 Å². The summed E-state index contributed by atoms with van der Waals surface area (Å²) in [6.45, 7) is 13.2. The van der Waals surface area contributed by atoms with Gasteiger partial charge >= 0.3 is 0 Å². The summed E-state index contributed by atoms with van der Waals surface area (Å²) < 4.78 is 2.28. The number of hydrogen-bond donors (Lipinski definition) is 1. The Morgan fingerprint density at radius 3 is 2.71 bits per heavy atom. The molecule has 0 radical (unpaired) electrons. The molecule has 0 saturated carbocycles. The lowest BCUT2D eigenvalue weighted by molar-refractivity contribution is 0.409. The number of aromatic nitrogens is 2. The number of nitrogens with one attached hydrogen (secondary N) is 1. The van der Waals surface area contributed by atoms with Gasteiger partial charge in [0.1, 0.15) is 5.82 Å². The van der Waals surface area contributed by atoms with Crippen LogP contribution in [0.2, 0.25) is 0 Å². The molecule has 1 aromatic heterocycles. The van der Waals surface area contributed by atoms with Crippen LogP contribution in [0, 0.1) is 0 Å². The second-order valence-electron chi connectivity index (χ2n) is 5.85. The van der Waals surface area contributed by atoms with E-state index in [-0.39, 0.29) is 5.54 Å². The van der Waals surface area contributed by atoms with Gasteiger partial charge in [0.25, 0.3) is 0 Å². The molecule has 0 aliphatic heterocycles. The van der Waals surface area contributed by atoms with Crippen molar-refractivity contribution in [2.75, 3.05) is 6.54 Å². The summed E-state index contributed by atoms with van der Waals surface area (Å²) in [4.78, 5) is 4.48. The summed E-state index contributed by atoms with van der Waals surface area (Å²) in [5.41, 5.74) is 0.207. The average Bonchev–Trinajstić information content (AvgIpc) is 2.64. The zero-order valence-electron chi connectivity index (χ0n) is 12.0. The predicted molar refractivity (Wildman–Crippen MR) is 73.3 cm³/mol. The quantitative estimate of drug-likeness (QED) is 0.823. The summed E-state index contributed by atoms with van der Waals surface area (Å²) in [7, 11) is 0. The second-order valence-corrected chi connectivity index (χ2v) is 5.85. The van der Waals surface area contributed by atoms with Crippen LogP contribution in [0.15, 0.2) is 12.4 Å². The molecule has 0 aliphatic rings. The summed E-state index contributed by atoms with van der Waals surface area (Å²) in [6, 6.07) is 0. The van der Waals surface area contributed by atoms with Gasteiger partial charge in [-0.25, -0.2) is 4.98 Å². The molecule has 0 fully saturated rings. The van der Waals surface area contributed by atoms with Gasteiger partial charge in [0.2, 0.25) is 0 Å². The lowest BCUT2D eigenvalue weighted by Gasteiger charge is -2.22. The summed E-state index contributed by atoms with van der Waals surface area (Å²) in [6.07, 6.45) is 6.31. The highest BCUT2D eigenvalue weighted by molar-refractivity contribution is 4.99. The third-order valence-electron chi connectivity index (χ3n) is 2.89. The van der Waals surface area contributed by atoms with Gasteiger partial charge < -0.3 is 9.88 Å². The number of hydrogen-bond acceptors (Lipinski definition) is 2. The van der Waals surface area contributed by atoms with Gasteiger partial charge in [0, 0.05) is 30.4 Å². The van der Waals surface area contributed by atoms with Gasteiger partial charge in [0.15, 0.2) is 0 Å². The molecule has 3 nitrogen and oxygen atoms in total. The molecule has 1 aromatic rings. The van der Waals surface area contributed by atoms with Crippen molar-refractivity contribution in [3.63, 3.8) is 0 Å². The van der Waals surface area contributed by atoms with E-state index < -0.39 is 0 Å². The highest BCUT2D eigenvalue weighted by Crippen LogP contribution is 2.17. The molecular weight excluding hydrogens is 210 g/mol. The largest absolute Gasteiger partial charge is 0.335 e. The van der Waals surface area contributed by atoms with Crippen molar-refractivity contribution in [1.29, 1.82) is 0 Å². The third kappa shape index (κ3) is 4.90. The number of imidazole rings is 1. The fourth-order valence-corrected chi connectivity index (χ4v) is 1.97. The van der Waals surface area contributed by atoms with Crippen LogP contribution in [-0.2, 0) is 6.54 Å². The first-order valence-corrected chi connectivity index (χ1v) is 6.70. The van der Waals surface area contributed by atoms with E-state index in [0.717, 1.165) is 25.9 Å². The Balaban J connectivity index is 2.46. The predicted octanol–water partition coefficient (Wildman–Crippen LogP) is 3.17. The van der Waals surface area contributed by atoms with E-state index in [1.165, 1.54) is 5.82 Å². The van der Waals surface area contributed by atoms with Crippen LogP contribution in [0.3, 0.4) is 0 Å². The standard InChI is InChI=1S/C14H27N3/c1-6-10-17-11-9-15-13(17)12(2)7-8-16-14(3,4)5/h9,11-12,16H,6-8,10H2,1-5H3. The smallest absolute Gasteiger partial charge is 0.111 e. The molecule has 0 bridgehead atoms. The maximum absolute atomic E-state index is 4.48. The Hall–Kier alpha value is -0.830. The Morgan fingerprint density at radius 1 is 1.41 bits per heavy atom. The molecule has 98 valence electrons. The Labute approximate surface area is 106 Å². The van der Waals surface area contributed by atoms with Crippen molar-refractivity contribution in [2.24, 2.45) is 0 Å². The summed E-state index contributed by atoms with van der Waals surface area (Å²) in [5.74, 6) is 1.74. The first kappa shape index (κ1) is 14.2. The topological polar surface area (TPSA) is 29.9 Å². The molecule has 0 saturated heterocycles. The van der Waals surface area contributed by atoms with E-state index in [2.05, 4.69) is 55.7 Å². The van der Waals surface area contributed by atoms with Crippen LogP contribution in [0.25, 0.3) is 0 Å². The average molecular weight is 237 g/mol. The molecule has 3 heteroatoms. The number of aryl methyl sites for hydroxylation is 1. The molecule has 0 spiro atoms. The van der Waals surface area contributed by atoms with Gasteiger partial charge in [-0.05, 0) is 40.2 Å². The van der Waals surface area contributed by atoms with Crippen molar-refractivity contribution >= 4 is 0 Å². The molecule has 0 aliphatic carbocycles. The van der Waals surface area contributed by atoms with Crippen LogP contribution in [-0.4, -0.2) is 21.6 Å². The molecule has 0 aromatic carbocycles. The molecule has 1 unspecified atom stereocenters. The minimum absolute atomic E-state index is 0.207. The van der Waals surface area contributed by atoms with Crippen LogP contribution < -0.4 is 5.32 Å². The van der Waals surface area contributed by atoms with Crippen molar-refractivity contribution in [1.82, 2.24) is 14.9 Å². The van der Waals surface area contributed by atoms with E-state index in [1.54, 1.807) is 0 Å². The van der Waals surface area contributed by atoms with E-state index in [9.17, 15) is 0 Å². The highest BCUT2D eigenvalue weighted by Gasteiger charge is 2.13. The number of rotatable bonds is 6. The summed E-state index contributed by atoms with van der Waals surface area (Å²) in [5, 5.41) is 3.53. The van der Waals surface area contributed by atoms with E-state index in [1.807, 2.05) is 6.20 Å². The Bertz CT molecular complexity index is 322. The van der Waals surface area contributed by atoms with Crippen molar-refractivity contribution in [3.8, 4) is 0 Å². The van der Waals surface area contributed by atoms with Crippen molar-refractivity contribution < 1.29 is 0 Å². The fourth-order valence-electron chi connectivity index (χ4n) is 1.97. The third-order valence-corrected chi connectivity index (χ3v) is 2.89. The SMILES string of the molecule is CCCn1ccnc1C(C)CCNC(C)(C)C. The maximum atomic E-state index is 4.48. The van der Waals surface area contributed by atoms with Crippen LogP contribution in [0.5, 0.6) is 0 Å². The molecule has 0 amide bonds. The van der Waals surface area contributed by atoms with Crippen LogP contribution in [0.4, 0.5) is 0 Å². The first-order valence-electron chi connectivity index (χ1n) is 6.70. The fraction of sp³-hybridized carbons (Fsp3) is 0.786. The highest BCUT2D eigenvalue weighted by atomic mass is 15.1. The maximum Gasteiger partial charge on any atom is 0.111 e. The number of nitrogens with zero attached hydrogens (tertiary/aromatic N) is 2. The minimum Gasteiger partial charge on any atom is -0.335 e. The molecule has 1 atom stereocenters. The van der Waals surface area contributed by atoms with Crippen LogP contribution >= 0.6 is 0 Å². The van der Waals surface area contributed by atoms with E-state index >= 15 is 0 Å². The monoisotopic (exact) mass is 237 g/mol. The molecule has 17 heavy (non-hydrogen) atoms. The van der Waals surface area contributed by atoms with Crippen LogP contribution in [0.1, 0.15) is 59.2 Å². The Kier molecular flexibility index (Phi) is 5.19. The van der Waals surface area contributed by atoms with Gasteiger partial charge in [-0.2, -0.15) is 0 Å². The molecular formula is C14H27N3. The molecule has 1 N–H and O–H groups in total. The zero-order chi connectivity index (χ0) is 12.9. The van der Waals surface area contributed by atoms with E-state index in [4.69, 9.17) is 0 Å². The van der Waals surface area contributed by atoms with Gasteiger partial charge in [-0.1, -0.05) is 13.8 Å². The van der Waals surface area contributed by atoms with Crippen molar-refractivity contribution in [3.05, 3.63) is 18.2 Å². The molecule has 1 heterocycles. The lowest BCUT2D eigenvalue weighted by Crippen LogP contribution is -2.36. The Morgan fingerprint density at radius 2 is 2.12 bits per heavy atom. The lowest BCUT2D eigenvalue weighted by atomic mass is 10.0. The first-order chi connectivity index (χ1) is 7.94. The van der Waals surface area contributed by atoms with Gasteiger partial charge in [-0.3, -0.25) is 0 Å². The normalized spacial score (nSPS) is 13.9.